The van der Waals surface area contributed by atoms with Crippen molar-refractivity contribution in [2.45, 2.75) is 43.2 Å². The number of hydrogen-bond acceptors (Lipinski definition) is 5. The van der Waals surface area contributed by atoms with Gasteiger partial charge in [-0.25, -0.2) is 0 Å². The number of ether oxygens (including phenoxy) is 3. The lowest BCUT2D eigenvalue weighted by molar-refractivity contribution is -0.179. The van der Waals surface area contributed by atoms with Crippen LogP contribution >= 0.6 is 0 Å². The van der Waals surface area contributed by atoms with Gasteiger partial charge in [0.1, 0.15) is 5.60 Å². The summed E-state index contributed by atoms with van der Waals surface area (Å²) in [5, 5.41) is 11.4. The summed E-state index contributed by atoms with van der Waals surface area (Å²) in [4.78, 5) is 2.21. The Morgan fingerprint density at radius 1 is 1.25 bits per heavy atom. The van der Waals surface area contributed by atoms with Crippen molar-refractivity contribution in [3.05, 3.63) is 35.9 Å². The molecule has 5 atom stereocenters. The van der Waals surface area contributed by atoms with E-state index < -0.39 is 5.60 Å². The fourth-order valence-electron chi connectivity index (χ4n) is 4.48. The summed E-state index contributed by atoms with van der Waals surface area (Å²) < 4.78 is 16.9. The summed E-state index contributed by atoms with van der Waals surface area (Å²) in [6, 6.07) is 10.3. The highest BCUT2D eigenvalue weighted by Crippen LogP contribution is 2.46. The molecular weight excluding hydrogens is 306 g/mol. The number of nitrogens with zero attached hydrogens (tertiary/aromatic N) is 1. The van der Waals surface area contributed by atoms with Crippen molar-refractivity contribution >= 4 is 0 Å². The summed E-state index contributed by atoms with van der Waals surface area (Å²) in [7, 11) is 5.49. The van der Waals surface area contributed by atoms with Gasteiger partial charge in [0, 0.05) is 20.8 Å². The summed E-state index contributed by atoms with van der Waals surface area (Å²) >= 11 is 0. The van der Waals surface area contributed by atoms with Gasteiger partial charge >= 0.3 is 0 Å². The second-order valence-electron chi connectivity index (χ2n) is 7.17. The molecule has 1 aromatic carbocycles. The van der Waals surface area contributed by atoms with Gasteiger partial charge in [0.15, 0.2) is 0 Å². The summed E-state index contributed by atoms with van der Waals surface area (Å²) in [5.74, 6) is 0.180. The number of likely N-dealkylation sites (N-methyl/N-ethyl adjacent to an activating group) is 1. The average Bonchev–Trinajstić information content (AvgIpc) is 2.88. The Bertz CT molecular complexity index is 525. The molecular formula is C19H29NO4. The number of methoxy groups -OCH3 is 2. The molecule has 1 saturated carbocycles. The molecule has 1 aliphatic carbocycles. The Morgan fingerprint density at radius 3 is 2.67 bits per heavy atom. The Balaban J connectivity index is 1.76. The zero-order valence-corrected chi connectivity index (χ0v) is 14.9. The van der Waals surface area contributed by atoms with Gasteiger partial charge in [-0.2, -0.15) is 0 Å². The number of hydrogen-bond donors (Lipinski definition) is 1. The topological polar surface area (TPSA) is 51.2 Å². The first-order chi connectivity index (χ1) is 11.6. The second kappa shape index (κ2) is 7.50. The van der Waals surface area contributed by atoms with Crippen LogP contribution < -0.4 is 0 Å². The second-order valence-corrected chi connectivity index (χ2v) is 7.17. The van der Waals surface area contributed by atoms with Crippen molar-refractivity contribution in [2.75, 3.05) is 34.5 Å². The molecule has 1 heterocycles. The highest BCUT2D eigenvalue weighted by Gasteiger charge is 2.58. The molecule has 1 aliphatic heterocycles. The minimum atomic E-state index is -0.867. The fourth-order valence-corrected chi connectivity index (χ4v) is 4.48. The van der Waals surface area contributed by atoms with Crippen LogP contribution in [-0.4, -0.2) is 68.3 Å². The first kappa shape index (κ1) is 17.8. The first-order valence-electron chi connectivity index (χ1n) is 8.68. The van der Waals surface area contributed by atoms with Gasteiger partial charge in [0.2, 0.25) is 0 Å². The maximum absolute atomic E-state index is 11.4. The molecule has 3 rings (SSSR count). The van der Waals surface area contributed by atoms with Crippen molar-refractivity contribution in [1.29, 1.82) is 0 Å². The van der Waals surface area contributed by atoms with Crippen LogP contribution in [0.5, 0.6) is 0 Å². The SMILES string of the molecule is COC[C@H]1C[C@H]2C[C@@H](OC)[C@H](N(C)Cc3ccccc3)[C@]2(O)CO1. The smallest absolute Gasteiger partial charge is 0.109 e. The molecule has 1 aromatic rings. The highest BCUT2D eigenvalue weighted by molar-refractivity contribution is 5.16. The summed E-state index contributed by atoms with van der Waals surface area (Å²) in [6.07, 6.45) is 1.76. The molecule has 5 heteroatoms. The van der Waals surface area contributed by atoms with E-state index in [2.05, 4.69) is 24.1 Å². The van der Waals surface area contributed by atoms with Gasteiger partial charge in [-0.3, -0.25) is 4.90 Å². The molecule has 0 bridgehead atoms. The van der Waals surface area contributed by atoms with Crippen LogP contribution in [0, 0.1) is 5.92 Å². The zero-order chi connectivity index (χ0) is 17.2. The zero-order valence-electron chi connectivity index (χ0n) is 14.9. The van der Waals surface area contributed by atoms with Gasteiger partial charge in [-0.1, -0.05) is 30.3 Å². The largest absolute Gasteiger partial charge is 0.385 e. The van der Waals surface area contributed by atoms with Crippen LogP contribution in [0.4, 0.5) is 0 Å². The van der Waals surface area contributed by atoms with E-state index in [1.54, 1.807) is 14.2 Å². The lowest BCUT2D eigenvalue weighted by atomic mass is 9.82. The standard InChI is InChI=1S/C19H29NO4/c1-20(11-14-7-5-4-6-8-14)18-17(23-3)10-15-9-16(12-22-2)24-13-19(15,18)21/h4-8,15-18,21H,9-13H2,1-3H3/t15-,16+,17+,18-,19-/m0/s1. The van der Waals surface area contributed by atoms with Gasteiger partial charge < -0.3 is 19.3 Å². The Kier molecular flexibility index (Phi) is 5.57. The van der Waals surface area contributed by atoms with Gasteiger partial charge in [0.25, 0.3) is 0 Å². The van der Waals surface area contributed by atoms with Crippen molar-refractivity contribution in [3.8, 4) is 0 Å². The van der Waals surface area contributed by atoms with Gasteiger partial charge in [-0.05, 0) is 31.4 Å². The third-order valence-corrected chi connectivity index (χ3v) is 5.59. The molecule has 0 aromatic heterocycles. The number of aliphatic hydroxyl groups is 1. The van der Waals surface area contributed by atoms with Crippen LogP contribution in [-0.2, 0) is 20.8 Å². The molecule has 0 amide bonds. The maximum Gasteiger partial charge on any atom is 0.109 e. The summed E-state index contributed by atoms with van der Waals surface area (Å²) in [6.45, 7) is 1.70. The van der Waals surface area contributed by atoms with Crippen molar-refractivity contribution in [1.82, 2.24) is 4.90 Å². The molecule has 24 heavy (non-hydrogen) atoms. The van der Waals surface area contributed by atoms with E-state index in [0.717, 1.165) is 19.4 Å². The predicted molar refractivity (Wildman–Crippen MR) is 91.8 cm³/mol. The van der Waals surface area contributed by atoms with Crippen LogP contribution in [0.15, 0.2) is 30.3 Å². The number of benzene rings is 1. The maximum atomic E-state index is 11.4. The number of rotatable bonds is 6. The third-order valence-electron chi connectivity index (χ3n) is 5.59. The van der Waals surface area contributed by atoms with Gasteiger partial charge in [0.05, 0.1) is 31.5 Å². The van der Waals surface area contributed by atoms with Gasteiger partial charge in [-0.15, -0.1) is 0 Å². The number of fused-ring (bicyclic) bond motifs is 1. The van der Waals surface area contributed by atoms with Crippen molar-refractivity contribution in [2.24, 2.45) is 5.92 Å². The van der Waals surface area contributed by atoms with Crippen LogP contribution in [0.25, 0.3) is 0 Å². The molecule has 2 aliphatic rings. The monoisotopic (exact) mass is 335 g/mol. The van der Waals surface area contributed by atoms with Crippen molar-refractivity contribution in [3.63, 3.8) is 0 Å². The lowest BCUT2D eigenvalue weighted by Crippen LogP contribution is -2.60. The van der Waals surface area contributed by atoms with E-state index in [4.69, 9.17) is 14.2 Å². The fraction of sp³-hybridized carbons (Fsp3) is 0.684. The van der Waals surface area contributed by atoms with E-state index in [1.165, 1.54) is 5.56 Å². The van der Waals surface area contributed by atoms with E-state index in [1.807, 2.05) is 18.2 Å². The average molecular weight is 335 g/mol. The molecule has 2 fully saturated rings. The lowest BCUT2D eigenvalue weighted by Gasteiger charge is -2.44. The van der Waals surface area contributed by atoms with E-state index in [0.29, 0.717) is 13.2 Å². The highest BCUT2D eigenvalue weighted by atomic mass is 16.5. The molecule has 0 spiro atoms. The quantitative estimate of drug-likeness (QED) is 0.857. The molecule has 0 unspecified atom stereocenters. The molecule has 5 nitrogen and oxygen atoms in total. The predicted octanol–water partition coefficient (Wildman–Crippen LogP) is 1.69. The minimum absolute atomic E-state index is 0.0126. The molecule has 0 radical (unpaired) electrons. The van der Waals surface area contributed by atoms with Crippen LogP contribution in [0.2, 0.25) is 0 Å². The molecule has 1 N–H and O–H groups in total. The molecule has 1 saturated heterocycles. The Hall–Kier alpha value is -0.980. The minimum Gasteiger partial charge on any atom is -0.385 e. The van der Waals surface area contributed by atoms with Crippen LogP contribution in [0.1, 0.15) is 18.4 Å². The first-order valence-corrected chi connectivity index (χ1v) is 8.68. The Labute approximate surface area is 144 Å². The normalized spacial score (nSPS) is 36.0. The van der Waals surface area contributed by atoms with Crippen LogP contribution in [0.3, 0.4) is 0 Å². The summed E-state index contributed by atoms with van der Waals surface area (Å²) in [5.41, 5.74) is 0.366. The third kappa shape index (κ3) is 3.37. The van der Waals surface area contributed by atoms with Crippen molar-refractivity contribution < 1.29 is 19.3 Å². The molecule has 134 valence electrons. The van der Waals surface area contributed by atoms with E-state index >= 15 is 0 Å². The Morgan fingerprint density at radius 2 is 2.00 bits per heavy atom. The van der Waals surface area contributed by atoms with E-state index in [-0.39, 0.29) is 24.2 Å². The van der Waals surface area contributed by atoms with E-state index in [9.17, 15) is 5.11 Å².